The van der Waals surface area contributed by atoms with E-state index in [9.17, 15) is 4.79 Å². The topological polar surface area (TPSA) is 58.1 Å². The summed E-state index contributed by atoms with van der Waals surface area (Å²) >= 11 is 1.65. The number of rotatable bonds is 5. The Morgan fingerprint density at radius 2 is 1.96 bits per heavy atom. The van der Waals surface area contributed by atoms with Crippen LogP contribution in [0, 0.1) is 0 Å². The molecule has 0 saturated carbocycles. The van der Waals surface area contributed by atoms with E-state index >= 15 is 0 Å². The maximum absolute atomic E-state index is 11.7. The highest BCUT2D eigenvalue weighted by atomic mass is 32.1. The van der Waals surface area contributed by atoms with Crippen LogP contribution in [0.25, 0.3) is 10.6 Å². The summed E-state index contributed by atoms with van der Waals surface area (Å²) in [7, 11) is 3.52. The van der Waals surface area contributed by atoms with Crippen LogP contribution in [0.3, 0.4) is 0 Å². The van der Waals surface area contributed by atoms with Crippen LogP contribution < -0.4 is 5.32 Å². The van der Waals surface area contributed by atoms with Crippen LogP contribution in [-0.4, -0.2) is 34.9 Å². The van der Waals surface area contributed by atoms with Crippen LogP contribution in [-0.2, 0) is 11.2 Å². The Morgan fingerprint density at radius 1 is 1.17 bits per heavy atom. The highest BCUT2D eigenvalue weighted by molar-refractivity contribution is 7.13. The van der Waals surface area contributed by atoms with Crippen molar-refractivity contribution in [1.82, 2.24) is 14.9 Å². The minimum absolute atomic E-state index is 0.0899. The predicted octanol–water partition coefficient (Wildman–Crippen LogP) is 3.58. The molecular weight excluding hydrogens is 320 g/mol. The number of likely N-dealkylation sites (N-methyl/N-ethyl adjacent to an activating group) is 1. The lowest BCUT2D eigenvalue weighted by Crippen LogP contribution is -2.23. The normalized spacial score (nSPS) is 10.4. The largest absolute Gasteiger partial charge is 0.349 e. The number of carbonyl (C=O) groups excluding carboxylic acids is 1. The van der Waals surface area contributed by atoms with Gasteiger partial charge in [0.25, 0.3) is 0 Å². The van der Waals surface area contributed by atoms with Crippen LogP contribution in [0.4, 0.5) is 11.5 Å². The molecule has 0 radical (unpaired) electrons. The maximum atomic E-state index is 11.7. The number of carbonyl (C=O) groups is 1. The van der Waals surface area contributed by atoms with Crippen molar-refractivity contribution in [3.8, 4) is 10.6 Å². The molecule has 1 aromatic carbocycles. The van der Waals surface area contributed by atoms with Gasteiger partial charge in [0.2, 0.25) is 5.91 Å². The van der Waals surface area contributed by atoms with Crippen LogP contribution >= 0.6 is 11.3 Å². The monoisotopic (exact) mass is 338 g/mol. The summed E-state index contributed by atoms with van der Waals surface area (Å²) in [6.07, 6.45) is 1.96. The zero-order valence-corrected chi connectivity index (χ0v) is 14.4. The molecule has 0 bridgehead atoms. The van der Waals surface area contributed by atoms with Gasteiger partial charge < -0.3 is 10.2 Å². The highest BCUT2D eigenvalue weighted by Crippen LogP contribution is 2.25. The molecule has 24 heavy (non-hydrogen) atoms. The molecule has 2 heterocycles. The Morgan fingerprint density at radius 3 is 2.62 bits per heavy atom. The Hall–Kier alpha value is -2.73. The molecule has 122 valence electrons. The van der Waals surface area contributed by atoms with E-state index in [4.69, 9.17) is 0 Å². The van der Waals surface area contributed by atoms with Gasteiger partial charge in [-0.2, -0.15) is 0 Å². The Kier molecular flexibility index (Phi) is 4.86. The van der Waals surface area contributed by atoms with E-state index in [1.54, 1.807) is 36.7 Å². The number of benzene rings is 1. The molecule has 0 spiro atoms. The van der Waals surface area contributed by atoms with E-state index in [-0.39, 0.29) is 5.91 Å². The molecule has 0 atom stereocenters. The van der Waals surface area contributed by atoms with Gasteiger partial charge >= 0.3 is 0 Å². The van der Waals surface area contributed by atoms with Crippen LogP contribution in [0.2, 0.25) is 0 Å². The molecule has 0 unspecified atom stereocenters. The minimum atomic E-state index is 0.0899. The van der Waals surface area contributed by atoms with Crippen molar-refractivity contribution in [1.29, 1.82) is 0 Å². The van der Waals surface area contributed by atoms with Crippen LogP contribution in [0.15, 0.2) is 54.2 Å². The zero-order valence-electron chi connectivity index (χ0n) is 13.6. The van der Waals surface area contributed by atoms with Crippen molar-refractivity contribution < 1.29 is 4.79 Å². The fourth-order valence-corrected chi connectivity index (χ4v) is 2.86. The maximum Gasteiger partial charge on any atom is 0.226 e. The number of hydrogen-bond donors (Lipinski definition) is 1. The molecule has 0 saturated heterocycles. The zero-order chi connectivity index (χ0) is 16.9. The molecule has 3 rings (SSSR count). The molecule has 3 aromatic rings. The lowest BCUT2D eigenvalue weighted by molar-refractivity contribution is -0.127. The number of anilines is 2. The van der Waals surface area contributed by atoms with Gasteiger partial charge in [0.05, 0.1) is 17.0 Å². The average Bonchev–Trinajstić information content (AvgIpc) is 3.11. The first-order valence-corrected chi connectivity index (χ1v) is 8.42. The van der Waals surface area contributed by atoms with Gasteiger partial charge in [0, 0.05) is 25.8 Å². The number of nitrogens with one attached hydrogen (secondary N) is 1. The molecule has 0 aliphatic carbocycles. The van der Waals surface area contributed by atoms with Gasteiger partial charge in [0.15, 0.2) is 0 Å². The molecular formula is C18H18N4OS. The van der Waals surface area contributed by atoms with Gasteiger partial charge in [-0.25, -0.2) is 9.97 Å². The van der Waals surface area contributed by atoms with E-state index in [2.05, 4.69) is 15.3 Å². The van der Waals surface area contributed by atoms with Gasteiger partial charge in [-0.3, -0.25) is 4.79 Å². The average molecular weight is 338 g/mol. The number of amides is 1. The van der Waals surface area contributed by atoms with Crippen molar-refractivity contribution >= 4 is 28.7 Å². The van der Waals surface area contributed by atoms with Crippen molar-refractivity contribution in [2.45, 2.75) is 6.42 Å². The second-order valence-corrected chi connectivity index (χ2v) is 6.50. The Bertz CT molecular complexity index is 813. The molecule has 6 heteroatoms. The highest BCUT2D eigenvalue weighted by Gasteiger charge is 2.06. The third-order valence-corrected chi connectivity index (χ3v) is 4.41. The van der Waals surface area contributed by atoms with E-state index < -0.39 is 0 Å². The molecule has 1 amide bonds. The first-order valence-electron chi connectivity index (χ1n) is 7.54. The van der Waals surface area contributed by atoms with E-state index in [0.717, 1.165) is 27.6 Å². The molecule has 1 N–H and O–H groups in total. The van der Waals surface area contributed by atoms with E-state index in [1.807, 2.05) is 47.8 Å². The van der Waals surface area contributed by atoms with E-state index in [1.165, 1.54) is 0 Å². The summed E-state index contributed by atoms with van der Waals surface area (Å²) in [6, 6.07) is 13.8. The van der Waals surface area contributed by atoms with Crippen molar-refractivity contribution in [2.75, 3.05) is 19.4 Å². The SMILES string of the molecule is CN(C)C(=O)Cc1ccc(Nc2cc(-c3cccs3)ncn2)cc1. The molecule has 0 aliphatic heterocycles. The lowest BCUT2D eigenvalue weighted by Gasteiger charge is -2.11. The number of thiophene rings is 1. The first-order chi connectivity index (χ1) is 11.6. The van der Waals surface area contributed by atoms with Crippen LogP contribution in [0.1, 0.15) is 5.56 Å². The lowest BCUT2D eigenvalue weighted by atomic mass is 10.1. The van der Waals surface area contributed by atoms with Crippen molar-refractivity contribution in [3.05, 3.63) is 59.7 Å². The van der Waals surface area contributed by atoms with Gasteiger partial charge in [-0.05, 0) is 29.1 Å². The van der Waals surface area contributed by atoms with Gasteiger partial charge in [0.1, 0.15) is 12.1 Å². The molecule has 0 aliphatic rings. The summed E-state index contributed by atoms with van der Waals surface area (Å²) in [6.45, 7) is 0. The summed E-state index contributed by atoms with van der Waals surface area (Å²) in [5.41, 5.74) is 2.81. The number of nitrogens with zero attached hydrogens (tertiary/aromatic N) is 3. The summed E-state index contributed by atoms with van der Waals surface area (Å²) in [4.78, 5) is 23.0. The number of hydrogen-bond acceptors (Lipinski definition) is 5. The minimum Gasteiger partial charge on any atom is -0.349 e. The molecule has 0 fully saturated rings. The fraction of sp³-hybridized carbons (Fsp3) is 0.167. The van der Waals surface area contributed by atoms with Gasteiger partial charge in [-0.15, -0.1) is 11.3 Å². The fourth-order valence-electron chi connectivity index (χ4n) is 2.17. The van der Waals surface area contributed by atoms with E-state index in [0.29, 0.717) is 6.42 Å². The predicted molar refractivity (Wildman–Crippen MR) is 97.5 cm³/mol. The smallest absolute Gasteiger partial charge is 0.226 e. The third-order valence-electron chi connectivity index (χ3n) is 3.52. The second-order valence-electron chi connectivity index (χ2n) is 5.55. The third kappa shape index (κ3) is 3.97. The number of aromatic nitrogens is 2. The molecule has 2 aromatic heterocycles. The van der Waals surface area contributed by atoms with Crippen molar-refractivity contribution in [2.24, 2.45) is 0 Å². The summed E-state index contributed by atoms with van der Waals surface area (Å²) in [5, 5.41) is 5.29. The first kappa shape index (κ1) is 16.1. The van der Waals surface area contributed by atoms with Crippen LogP contribution in [0.5, 0.6) is 0 Å². The quantitative estimate of drug-likeness (QED) is 0.772. The Labute approximate surface area is 145 Å². The summed E-state index contributed by atoms with van der Waals surface area (Å²) in [5.74, 6) is 0.831. The second kappa shape index (κ2) is 7.23. The van der Waals surface area contributed by atoms with Gasteiger partial charge in [-0.1, -0.05) is 18.2 Å². The standard InChI is InChI=1S/C18H18N4OS/c1-22(2)18(23)10-13-5-7-14(8-6-13)21-17-11-15(19-12-20-17)16-4-3-9-24-16/h3-9,11-12H,10H2,1-2H3,(H,19,20,21). The Balaban J connectivity index is 1.70. The molecule has 5 nitrogen and oxygen atoms in total. The summed E-state index contributed by atoms with van der Waals surface area (Å²) < 4.78 is 0. The van der Waals surface area contributed by atoms with Crippen molar-refractivity contribution in [3.63, 3.8) is 0 Å².